The van der Waals surface area contributed by atoms with Crippen molar-refractivity contribution >= 4 is 40.8 Å². The number of anilines is 2. The zero-order chi connectivity index (χ0) is 27.9. The normalized spacial score (nSPS) is 16.3. The summed E-state index contributed by atoms with van der Waals surface area (Å²) in [5.74, 6) is 0.188. The molecular formula is C31H33ClN2O5. The van der Waals surface area contributed by atoms with Crippen molar-refractivity contribution in [1.82, 2.24) is 0 Å². The number of amides is 2. The van der Waals surface area contributed by atoms with E-state index in [1.165, 1.54) is 0 Å². The van der Waals surface area contributed by atoms with Crippen LogP contribution in [0.4, 0.5) is 11.4 Å². The molecular weight excluding hydrogens is 516 g/mol. The van der Waals surface area contributed by atoms with Gasteiger partial charge in [0.25, 0.3) is 5.91 Å². The lowest BCUT2D eigenvalue weighted by Gasteiger charge is -2.43. The topological polar surface area (TPSA) is 76.2 Å². The van der Waals surface area contributed by atoms with E-state index in [0.29, 0.717) is 48.8 Å². The number of benzene rings is 3. The third-order valence-corrected chi connectivity index (χ3v) is 6.99. The third-order valence-electron chi connectivity index (χ3n) is 6.74. The minimum absolute atomic E-state index is 0.0815. The van der Waals surface area contributed by atoms with E-state index in [2.05, 4.69) is 0 Å². The Hall–Kier alpha value is -3.84. The molecule has 39 heavy (non-hydrogen) atoms. The Morgan fingerprint density at radius 2 is 1.69 bits per heavy atom. The lowest BCUT2D eigenvalue weighted by molar-refractivity contribution is -0.143. The summed E-state index contributed by atoms with van der Waals surface area (Å²) in [6.45, 7) is 6.08. The van der Waals surface area contributed by atoms with Crippen molar-refractivity contribution in [3.8, 4) is 5.75 Å². The number of hydrogen-bond acceptors (Lipinski definition) is 5. The van der Waals surface area contributed by atoms with Gasteiger partial charge in [-0.25, -0.2) is 0 Å². The number of carbonyl (C=O) groups is 3. The molecule has 0 radical (unpaired) electrons. The van der Waals surface area contributed by atoms with E-state index in [9.17, 15) is 14.4 Å². The SMILES string of the molecule is CCOC(=O)CCCOc1ccc(C(=O)N2c3ccccc3[C@@H](N(C(C)=O)c3ccc(Cl)cc3)C[C@H]2C)cc1. The summed E-state index contributed by atoms with van der Waals surface area (Å²) in [4.78, 5) is 41.6. The highest BCUT2D eigenvalue weighted by molar-refractivity contribution is 6.30. The third kappa shape index (κ3) is 6.60. The summed E-state index contributed by atoms with van der Waals surface area (Å²) in [5, 5.41) is 0.601. The molecule has 1 heterocycles. The molecule has 2 amide bonds. The van der Waals surface area contributed by atoms with Gasteiger partial charge in [-0.3, -0.25) is 14.4 Å². The monoisotopic (exact) mass is 548 g/mol. The fourth-order valence-electron chi connectivity index (χ4n) is 4.99. The number of para-hydroxylation sites is 1. The van der Waals surface area contributed by atoms with Crippen LogP contribution >= 0.6 is 11.6 Å². The molecule has 0 saturated carbocycles. The molecule has 3 aromatic rings. The highest BCUT2D eigenvalue weighted by Gasteiger charge is 2.38. The van der Waals surface area contributed by atoms with Gasteiger partial charge in [0.05, 0.1) is 19.3 Å². The Labute approximate surface area is 234 Å². The van der Waals surface area contributed by atoms with Crippen LogP contribution in [0.15, 0.2) is 72.8 Å². The fourth-order valence-corrected chi connectivity index (χ4v) is 5.12. The van der Waals surface area contributed by atoms with Crippen molar-refractivity contribution in [2.45, 2.75) is 52.1 Å². The van der Waals surface area contributed by atoms with E-state index in [-0.39, 0.29) is 29.9 Å². The van der Waals surface area contributed by atoms with E-state index in [1.807, 2.05) is 43.3 Å². The fraction of sp³-hybridized carbons (Fsp3) is 0.323. The van der Waals surface area contributed by atoms with Crippen LogP contribution in [-0.2, 0) is 14.3 Å². The second-order valence-electron chi connectivity index (χ2n) is 9.48. The predicted molar refractivity (Wildman–Crippen MR) is 152 cm³/mol. The molecule has 204 valence electrons. The molecule has 0 saturated heterocycles. The van der Waals surface area contributed by atoms with Crippen molar-refractivity contribution in [3.05, 3.63) is 88.9 Å². The summed E-state index contributed by atoms with van der Waals surface area (Å²) >= 11 is 6.09. The van der Waals surface area contributed by atoms with Crippen LogP contribution < -0.4 is 14.5 Å². The Morgan fingerprint density at radius 3 is 2.36 bits per heavy atom. The quantitative estimate of drug-likeness (QED) is 0.222. The molecule has 0 bridgehead atoms. The van der Waals surface area contributed by atoms with E-state index < -0.39 is 0 Å². The average molecular weight is 549 g/mol. The maximum Gasteiger partial charge on any atom is 0.305 e. The largest absolute Gasteiger partial charge is 0.494 e. The second kappa shape index (κ2) is 12.8. The number of rotatable bonds is 9. The predicted octanol–water partition coefficient (Wildman–Crippen LogP) is 6.60. The number of halogens is 1. The van der Waals surface area contributed by atoms with Crippen molar-refractivity contribution in [3.63, 3.8) is 0 Å². The van der Waals surface area contributed by atoms with Gasteiger partial charge in [-0.1, -0.05) is 29.8 Å². The average Bonchev–Trinajstić information content (AvgIpc) is 2.92. The first-order chi connectivity index (χ1) is 18.8. The van der Waals surface area contributed by atoms with Gasteiger partial charge in [0.2, 0.25) is 5.91 Å². The van der Waals surface area contributed by atoms with Crippen molar-refractivity contribution in [2.75, 3.05) is 23.0 Å². The summed E-state index contributed by atoms with van der Waals surface area (Å²) in [5.41, 5.74) is 2.99. The van der Waals surface area contributed by atoms with Gasteiger partial charge in [0.1, 0.15) is 5.75 Å². The molecule has 0 unspecified atom stereocenters. The smallest absolute Gasteiger partial charge is 0.305 e. The molecule has 4 rings (SSSR count). The highest BCUT2D eigenvalue weighted by Crippen LogP contribution is 2.43. The first kappa shape index (κ1) is 28.2. The van der Waals surface area contributed by atoms with Crippen LogP contribution in [-0.4, -0.2) is 37.0 Å². The Balaban J connectivity index is 1.52. The van der Waals surface area contributed by atoms with Crippen molar-refractivity contribution < 1.29 is 23.9 Å². The number of esters is 1. The molecule has 1 aliphatic heterocycles. The van der Waals surface area contributed by atoms with E-state index in [4.69, 9.17) is 21.1 Å². The first-order valence-electron chi connectivity index (χ1n) is 13.2. The molecule has 8 heteroatoms. The van der Waals surface area contributed by atoms with Gasteiger partial charge < -0.3 is 19.3 Å². The van der Waals surface area contributed by atoms with Gasteiger partial charge in [0.15, 0.2) is 0 Å². The van der Waals surface area contributed by atoms with Crippen LogP contribution in [0.5, 0.6) is 5.75 Å². The number of hydrogen-bond donors (Lipinski definition) is 0. The van der Waals surface area contributed by atoms with Crippen LogP contribution in [0.1, 0.15) is 62.0 Å². The van der Waals surface area contributed by atoms with E-state index in [0.717, 1.165) is 16.9 Å². The molecule has 3 aromatic carbocycles. The van der Waals surface area contributed by atoms with Gasteiger partial charge >= 0.3 is 5.97 Å². The van der Waals surface area contributed by atoms with Gasteiger partial charge in [0, 0.05) is 41.3 Å². The zero-order valence-corrected chi connectivity index (χ0v) is 23.2. The molecule has 7 nitrogen and oxygen atoms in total. The molecule has 0 aliphatic carbocycles. The Morgan fingerprint density at radius 1 is 1.00 bits per heavy atom. The van der Waals surface area contributed by atoms with Crippen molar-refractivity contribution in [2.24, 2.45) is 0 Å². The maximum absolute atomic E-state index is 13.7. The number of nitrogens with zero attached hydrogens (tertiary/aromatic N) is 2. The van der Waals surface area contributed by atoms with Crippen LogP contribution in [0, 0.1) is 0 Å². The van der Waals surface area contributed by atoms with Gasteiger partial charge in [-0.2, -0.15) is 0 Å². The lowest BCUT2D eigenvalue weighted by Crippen LogP contribution is -2.47. The minimum Gasteiger partial charge on any atom is -0.494 e. The standard InChI is InChI=1S/C31H33ClN2O5/c1-4-38-30(36)10-7-19-39-26-17-11-23(12-18-26)31(37)33-21(2)20-29(27-8-5-6-9-28(27)33)34(22(3)35)25-15-13-24(32)14-16-25/h5-6,8-9,11-18,21,29H,4,7,10,19-20H2,1-3H3/t21-,29+/m1/s1. The number of ether oxygens (including phenoxy) is 2. The molecule has 2 atom stereocenters. The number of fused-ring (bicyclic) bond motifs is 1. The summed E-state index contributed by atoms with van der Waals surface area (Å²) in [6.07, 6.45) is 1.43. The molecule has 0 N–H and O–H groups in total. The Bertz CT molecular complexity index is 1310. The van der Waals surface area contributed by atoms with Crippen molar-refractivity contribution in [1.29, 1.82) is 0 Å². The zero-order valence-electron chi connectivity index (χ0n) is 22.4. The Kier molecular flexibility index (Phi) is 9.25. The van der Waals surface area contributed by atoms with Gasteiger partial charge in [-0.15, -0.1) is 0 Å². The lowest BCUT2D eigenvalue weighted by atomic mass is 9.89. The van der Waals surface area contributed by atoms with Crippen LogP contribution in [0.3, 0.4) is 0 Å². The maximum atomic E-state index is 13.7. The summed E-state index contributed by atoms with van der Waals surface area (Å²) < 4.78 is 10.7. The van der Waals surface area contributed by atoms with Crippen LogP contribution in [0.25, 0.3) is 0 Å². The van der Waals surface area contributed by atoms with Gasteiger partial charge in [-0.05, 0) is 86.8 Å². The van der Waals surface area contributed by atoms with E-state index in [1.54, 1.807) is 60.0 Å². The first-order valence-corrected chi connectivity index (χ1v) is 13.5. The molecule has 0 fully saturated rings. The second-order valence-corrected chi connectivity index (χ2v) is 9.92. The van der Waals surface area contributed by atoms with E-state index >= 15 is 0 Å². The highest BCUT2D eigenvalue weighted by atomic mass is 35.5. The molecule has 1 aliphatic rings. The molecule has 0 aromatic heterocycles. The minimum atomic E-state index is -0.236. The number of carbonyl (C=O) groups excluding carboxylic acids is 3. The van der Waals surface area contributed by atoms with Crippen LogP contribution in [0.2, 0.25) is 5.02 Å². The summed E-state index contributed by atoms with van der Waals surface area (Å²) in [6, 6.07) is 21.6. The molecule has 0 spiro atoms. The summed E-state index contributed by atoms with van der Waals surface area (Å²) in [7, 11) is 0.